The summed E-state index contributed by atoms with van der Waals surface area (Å²) in [5.41, 5.74) is 3.56. The second kappa shape index (κ2) is 5.04. The summed E-state index contributed by atoms with van der Waals surface area (Å²) in [6.07, 6.45) is 2.84. The molecular weight excluding hydrogens is 272 g/mol. The van der Waals surface area contributed by atoms with Crippen LogP contribution in [0.2, 0.25) is 0 Å². The smallest absolute Gasteiger partial charge is 0.358 e. The number of nitrogens with zero attached hydrogens (tertiary/aromatic N) is 1. The molecule has 1 aliphatic rings. The largest absolute Gasteiger partial charge is 0.493 e. The van der Waals surface area contributed by atoms with E-state index in [4.69, 9.17) is 9.47 Å². The molecule has 0 saturated heterocycles. The zero-order valence-corrected chi connectivity index (χ0v) is 12.3. The van der Waals surface area contributed by atoms with E-state index in [-0.39, 0.29) is 11.8 Å². The van der Waals surface area contributed by atoms with E-state index < -0.39 is 5.97 Å². The number of methoxy groups -OCH3 is 2. The third kappa shape index (κ3) is 1.98. The summed E-state index contributed by atoms with van der Waals surface area (Å²) < 4.78 is 11.0. The number of ether oxygens (including phenoxy) is 2. The topological polar surface area (TPSA) is 84.4 Å². The van der Waals surface area contributed by atoms with Gasteiger partial charge in [-0.15, -0.1) is 0 Å². The lowest BCUT2D eigenvalue weighted by molar-refractivity contribution is 0.0686. The predicted molar refractivity (Wildman–Crippen MR) is 77.0 cm³/mol. The van der Waals surface area contributed by atoms with Gasteiger partial charge in [-0.1, -0.05) is 0 Å². The van der Waals surface area contributed by atoms with Crippen LogP contribution in [0.15, 0.2) is 0 Å². The Bertz CT molecular complexity index is 720. The van der Waals surface area contributed by atoms with E-state index >= 15 is 0 Å². The van der Waals surface area contributed by atoms with Crippen molar-refractivity contribution in [1.29, 1.82) is 0 Å². The van der Waals surface area contributed by atoms with Crippen molar-refractivity contribution < 1.29 is 19.4 Å². The highest BCUT2D eigenvalue weighted by atomic mass is 16.5. The Morgan fingerprint density at radius 3 is 2.81 bits per heavy atom. The Morgan fingerprint density at radius 1 is 1.43 bits per heavy atom. The quantitative estimate of drug-likeness (QED) is 0.907. The highest BCUT2D eigenvalue weighted by Gasteiger charge is 2.30. The third-order valence-corrected chi connectivity index (χ3v) is 4.11. The van der Waals surface area contributed by atoms with Crippen molar-refractivity contribution in [2.75, 3.05) is 14.2 Å². The molecule has 0 spiro atoms. The Balaban J connectivity index is 2.41. The molecule has 112 valence electrons. The Hall–Kier alpha value is -2.08. The fourth-order valence-corrected chi connectivity index (χ4v) is 3.21. The monoisotopic (exact) mass is 290 g/mol. The highest BCUT2D eigenvalue weighted by Crippen LogP contribution is 2.42. The van der Waals surface area contributed by atoms with Crippen LogP contribution in [0.25, 0.3) is 10.9 Å². The second-order valence-corrected chi connectivity index (χ2v) is 5.27. The number of aryl methyl sites for hydroxylation is 2. The van der Waals surface area contributed by atoms with Crippen LogP contribution in [-0.4, -0.2) is 35.3 Å². The Kier molecular flexibility index (Phi) is 3.33. The first-order chi connectivity index (χ1) is 10.1. The second-order valence-electron chi connectivity index (χ2n) is 5.27. The van der Waals surface area contributed by atoms with Crippen molar-refractivity contribution in [3.63, 3.8) is 0 Å². The molecule has 1 atom stereocenters. The Morgan fingerprint density at radius 2 is 2.19 bits per heavy atom. The highest BCUT2D eigenvalue weighted by molar-refractivity contribution is 6.01. The van der Waals surface area contributed by atoms with Gasteiger partial charge in [-0.2, -0.15) is 0 Å². The fraction of sp³-hybridized carbons (Fsp3) is 0.467. The molecule has 6 heteroatoms. The summed E-state index contributed by atoms with van der Waals surface area (Å²) in [7, 11) is 3.15. The van der Waals surface area contributed by atoms with Gasteiger partial charge in [0.05, 0.1) is 29.8 Å². The number of pyridine rings is 1. The summed E-state index contributed by atoms with van der Waals surface area (Å²) in [5, 5.41) is 10.2. The molecule has 0 amide bonds. The first kappa shape index (κ1) is 13.9. The molecule has 0 radical (unpaired) electrons. The minimum absolute atomic E-state index is 0.0418. The molecule has 0 fully saturated rings. The first-order valence-corrected chi connectivity index (χ1v) is 6.93. The molecule has 21 heavy (non-hydrogen) atoms. The van der Waals surface area contributed by atoms with E-state index in [2.05, 4.69) is 9.97 Å². The number of aromatic carboxylic acids is 1. The van der Waals surface area contributed by atoms with Gasteiger partial charge in [0.25, 0.3) is 0 Å². The molecular formula is C15H18N2O4. The van der Waals surface area contributed by atoms with E-state index in [0.717, 1.165) is 41.4 Å². The van der Waals surface area contributed by atoms with Crippen LogP contribution >= 0.6 is 0 Å². The van der Waals surface area contributed by atoms with Crippen molar-refractivity contribution in [2.24, 2.45) is 0 Å². The number of rotatable bonds is 3. The van der Waals surface area contributed by atoms with Crippen LogP contribution in [0.3, 0.4) is 0 Å². The van der Waals surface area contributed by atoms with Gasteiger partial charge in [-0.3, -0.25) is 0 Å². The molecule has 0 aromatic carbocycles. The van der Waals surface area contributed by atoms with Gasteiger partial charge in [0.15, 0.2) is 11.4 Å². The number of nitrogens with one attached hydrogen (secondary N) is 1. The minimum Gasteiger partial charge on any atom is -0.493 e. The van der Waals surface area contributed by atoms with Crippen LogP contribution in [0.4, 0.5) is 0 Å². The molecule has 2 heterocycles. The van der Waals surface area contributed by atoms with Crippen LogP contribution in [-0.2, 0) is 11.2 Å². The van der Waals surface area contributed by atoms with Crippen LogP contribution < -0.4 is 4.74 Å². The standard InChI is InChI=1S/C15H18N2O4/c1-7-12-11(14(21-3)13(16-7)15(18)19)10-8(17-12)5-4-6-9(10)20-2/h9,17H,4-6H2,1-3H3,(H,18,19). The zero-order chi connectivity index (χ0) is 15.1. The third-order valence-electron chi connectivity index (χ3n) is 4.11. The fourth-order valence-electron chi connectivity index (χ4n) is 3.21. The number of hydrogen-bond acceptors (Lipinski definition) is 4. The number of fused-ring (bicyclic) bond motifs is 3. The number of carboxylic acid groups (broad SMARTS) is 1. The molecule has 2 N–H and O–H groups in total. The molecule has 2 aromatic rings. The normalized spacial score (nSPS) is 17.8. The van der Waals surface area contributed by atoms with Crippen molar-refractivity contribution in [3.8, 4) is 5.75 Å². The van der Waals surface area contributed by atoms with Crippen molar-refractivity contribution in [1.82, 2.24) is 9.97 Å². The lowest BCUT2D eigenvalue weighted by Gasteiger charge is -2.22. The molecule has 6 nitrogen and oxygen atoms in total. The van der Waals surface area contributed by atoms with Gasteiger partial charge in [-0.05, 0) is 26.2 Å². The van der Waals surface area contributed by atoms with Gasteiger partial charge in [0, 0.05) is 18.4 Å². The molecule has 0 aliphatic heterocycles. The molecule has 1 aliphatic carbocycles. The molecule has 2 aromatic heterocycles. The minimum atomic E-state index is -1.09. The number of hydrogen-bond donors (Lipinski definition) is 2. The van der Waals surface area contributed by atoms with E-state index in [9.17, 15) is 9.90 Å². The molecule has 1 unspecified atom stereocenters. The Labute approximate surface area is 122 Å². The van der Waals surface area contributed by atoms with Crippen molar-refractivity contribution >= 4 is 16.9 Å². The van der Waals surface area contributed by atoms with E-state index in [1.807, 2.05) is 0 Å². The van der Waals surface area contributed by atoms with Gasteiger partial charge >= 0.3 is 5.97 Å². The van der Waals surface area contributed by atoms with E-state index in [1.165, 1.54) is 7.11 Å². The zero-order valence-electron chi connectivity index (χ0n) is 12.3. The molecule has 3 rings (SSSR count). The van der Waals surface area contributed by atoms with Gasteiger partial charge in [-0.25, -0.2) is 9.78 Å². The number of carbonyl (C=O) groups is 1. The summed E-state index contributed by atoms with van der Waals surface area (Å²) in [6, 6.07) is 0. The lowest BCUT2D eigenvalue weighted by atomic mass is 9.92. The van der Waals surface area contributed by atoms with Crippen LogP contribution in [0.1, 0.15) is 46.4 Å². The molecule has 0 bridgehead atoms. The van der Waals surface area contributed by atoms with Crippen molar-refractivity contribution in [3.05, 3.63) is 22.6 Å². The van der Waals surface area contributed by atoms with Gasteiger partial charge < -0.3 is 19.6 Å². The number of aromatic amines is 1. The van der Waals surface area contributed by atoms with Crippen LogP contribution in [0.5, 0.6) is 5.75 Å². The summed E-state index contributed by atoms with van der Waals surface area (Å²) >= 11 is 0. The summed E-state index contributed by atoms with van der Waals surface area (Å²) in [6.45, 7) is 1.80. The molecule has 0 saturated carbocycles. The van der Waals surface area contributed by atoms with E-state index in [1.54, 1.807) is 14.0 Å². The number of aromatic nitrogens is 2. The average Bonchev–Trinajstić information content (AvgIpc) is 2.87. The lowest BCUT2D eigenvalue weighted by Crippen LogP contribution is -2.11. The maximum absolute atomic E-state index is 11.4. The van der Waals surface area contributed by atoms with Crippen LogP contribution in [0, 0.1) is 6.92 Å². The number of carboxylic acids is 1. The first-order valence-electron chi connectivity index (χ1n) is 6.93. The average molecular weight is 290 g/mol. The summed E-state index contributed by atoms with van der Waals surface area (Å²) in [4.78, 5) is 19.0. The number of H-pyrrole nitrogens is 1. The van der Waals surface area contributed by atoms with Gasteiger partial charge in [0.2, 0.25) is 0 Å². The van der Waals surface area contributed by atoms with Gasteiger partial charge in [0.1, 0.15) is 0 Å². The maximum Gasteiger partial charge on any atom is 0.358 e. The SMILES string of the molecule is COc1c(C(=O)O)nc(C)c2[nH]c3c(c12)C(OC)CCC3. The van der Waals surface area contributed by atoms with Crippen molar-refractivity contribution in [2.45, 2.75) is 32.3 Å². The predicted octanol–water partition coefficient (Wildman–Crippen LogP) is 2.60. The summed E-state index contributed by atoms with van der Waals surface area (Å²) in [5.74, 6) is -0.777. The van der Waals surface area contributed by atoms with E-state index in [0.29, 0.717) is 11.4 Å². The maximum atomic E-state index is 11.4.